The lowest BCUT2D eigenvalue weighted by atomic mass is 9.47. The van der Waals surface area contributed by atoms with Crippen LogP contribution in [0.25, 0.3) is 0 Å². The number of aryl methyl sites for hydroxylation is 1. The van der Waals surface area contributed by atoms with E-state index in [2.05, 4.69) is 13.5 Å². The van der Waals surface area contributed by atoms with Crippen LogP contribution in [-0.4, -0.2) is 49.5 Å². The van der Waals surface area contributed by atoms with Gasteiger partial charge in [-0.15, -0.1) is 18.2 Å². The van der Waals surface area contributed by atoms with E-state index in [1.807, 2.05) is 13.8 Å². The molecule has 0 heterocycles. The second-order valence-corrected chi connectivity index (χ2v) is 13.1. The van der Waals surface area contributed by atoms with Crippen LogP contribution >= 0.6 is 11.6 Å². The summed E-state index contributed by atoms with van der Waals surface area (Å²) in [5.41, 5.74) is -0.425. The Balaban J connectivity index is 1.61. The highest BCUT2D eigenvalue weighted by atomic mass is 35.5. The molecule has 3 aliphatic carbocycles. The lowest BCUT2D eigenvalue weighted by Crippen LogP contribution is -2.62. The Labute approximate surface area is 218 Å². The fourth-order valence-electron chi connectivity index (χ4n) is 6.92. The molecule has 1 aromatic carbocycles. The number of aliphatic hydroxyl groups excluding tert-OH is 1. The zero-order chi connectivity index (χ0) is 26.5. The molecule has 8 unspecified atom stereocenters. The number of ether oxygens (including phenoxy) is 1. The highest BCUT2D eigenvalue weighted by Gasteiger charge is 2.67. The molecule has 3 saturated carbocycles. The molecule has 3 fully saturated rings. The fraction of sp³-hybridized carbons (Fsp3) is 0.630. The van der Waals surface area contributed by atoms with Crippen molar-refractivity contribution in [3.05, 3.63) is 42.5 Å². The van der Waals surface area contributed by atoms with E-state index in [0.29, 0.717) is 19.3 Å². The summed E-state index contributed by atoms with van der Waals surface area (Å²) < 4.78 is 36.1. The predicted octanol–water partition coefficient (Wildman–Crippen LogP) is 4.19. The number of benzene rings is 1. The van der Waals surface area contributed by atoms with Crippen LogP contribution in [0.5, 0.6) is 0 Å². The van der Waals surface area contributed by atoms with Gasteiger partial charge < -0.3 is 9.84 Å². The van der Waals surface area contributed by atoms with Crippen molar-refractivity contribution in [1.82, 2.24) is 0 Å². The zero-order valence-electron chi connectivity index (χ0n) is 21.0. The van der Waals surface area contributed by atoms with Crippen LogP contribution in [0.3, 0.4) is 0 Å². The lowest BCUT2D eigenvalue weighted by Gasteiger charge is -2.59. The molecule has 0 aromatic heterocycles. The molecule has 1 aromatic rings. The number of aliphatic hydroxyl groups is 1. The first kappa shape index (κ1) is 27.3. The minimum Gasteiger partial charge on any atom is -0.460 e. The van der Waals surface area contributed by atoms with Gasteiger partial charge in [0.2, 0.25) is 0 Å². The SMILES string of the molecule is C=CC1CC(OC(=O)COS(=O)(=O)c2ccc(C)cc2)C2(C)C(C)CCC3(CCC(=O)C32)C(Cl)C1O. The molecule has 1 N–H and O–H groups in total. The molecule has 8 atom stereocenters. The van der Waals surface area contributed by atoms with E-state index in [1.54, 1.807) is 18.2 Å². The van der Waals surface area contributed by atoms with Crippen LogP contribution in [0, 0.1) is 35.5 Å². The maximum absolute atomic E-state index is 13.3. The number of ketones is 1. The average Bonchev–Trinajstić information content (AvgIpc) is 3.20. The largest absolute Gasteiger partial charge is 0.460 e. The number of rotatable bonds is 6. The molecule has 7 nitrogen and oxygen atoms in total. The molecule has 0 spiro atoms. The number of hydrogen-bond acceptors (Lipinski definition) is 7. The summed E-state index contributed by atoms with van der Waals surface area (Å²) in [4.78, 5) is 26.2. The van der Waals surface area contributed by atoms with Crippen LogP contribution in [0.1, 0.15) is 51.5 Å². The monoisotopic (exact) mass is 538 g/mol. The second kappa shape index (κ2) is 9.86. The third kappa shape index (κ3) is 4.44. The van der Waals surface area contributed by atoms with Gasteiger partial charge in [-0.1, -0.05) is 37.6 Å². The van der Waals surface area contributed by atoms with Gasteiger partial charge in [0.1, 0.15) is 11.9 Å². The number of halogens is 1. The van der Waals surface area contributed by atoms with Gasteiger partial charge in [0.05, 0.1) is 16.4 Å². The van der Waals surface area contributed by atoms with Gasteiger partial charge in [-0.3, -0.25) is 8.98 Å². The highest BCUT2D eigenvalue weighted by Crippen LogP contribution is 2.66. The summed E-state index contributed by atoms with van der Waals surface area (Å²) in [6.07, 6.45) is 2.61. The number of esters is 1. The van der Waals surface area contributed by atoms with E-state index in [-0.39, 0.29) is 23.0 Å². The summed E-state index contributed by atoms with van der Waals surface area (Å²) in [6, 6.07) is 6.12. The standard InChI is InChI=1S/C27H35ClO7S/c1-5-18-14-21(35-22(30)15-34-36(32,33)19-8-6-16(2)7-9-19)26(4)17(3)10-12-27(25(28)23(18)31)13-11-20(29)24(26)27/h5-9,17-18,21,23-25,31H,1,10-15H2,2-4H3. The number of carbonyl (C=O) groups excluding carboxylic acids is 2. The number of Topliss-reactive ketones (excluding diaryl/α,β-unsaturated/α-hetero) is 1. The molecule has 0 saturated heterocycles. The minimum atomic E-state index is -4.15. The molecule has 198 valence electrons. The van der Waals surface area contributed by atoms with Gasteiger partial charge in [0.15, 0.2) is 6.61 Å². The molecule has 36 heavy (non-hydrogen) atoms. The van der Waals surface area contributed by atoms with Crippen LogP contribution in [0.15, 0.2) is 41.8 Å². The first-order valence-electron chi connectivity index (χ1n) is 12.5. The van der Waals surface area contributed by atoms with E-state index >= 15 is 0 Å². The van der Waals surface area contributed by atoms with Crippen molar-refractivity contribution in [3.8, 4) is 0 Å². The van der Waals surface area contributed by atoms with Crippen LogP contribution in [-0.2, 0) is 28.6 Å². The Bertz CT molecular complexity index is 1130. The van der Waals surface area contributed by atoms with E-state index in [1.165, 1.54) is 12.1 Å². The van der Waals surface area contributed by atoms with E-state index in [9.17, 15) is 23.1 Å². The van der Waals surface area contributed by atoms with Gasteiger partial charge in [0, 0.05) is 29.1 Å². The van der Waals surface area contributed by atoms with Crippen LogP contribution < -0.4 is 0 Å². The van der Waals surface area contributed by atoms with E-state index in [0.717, 1.165) is 12.0 Å². The Morgan fingerprint density at radius 2 is 1.94 bits per heavy atom. The van der Waals surface area contributed by atoms with Gasteiger partial charge in [0.25, 0.3) is 10.1 Å². The Morgan fingerprint density at radius 3 is 2.58 bits per heavy atom. The Kier molecular flexibility index (Phi) is 7.47. The van der Waals surface area contributed by atoms with E-state index in [4.69, 9.17) is 20.5 Å². The molecular weight excluding hydrogens is 504 g/mol. The van der Waals surface area contributed by atoms with Gasteiger partial charge >= 0.3 is 5.97 Å². The molecule has 0 aliphatic heterocycles. The van der Waals surface area contributed by atoms with Gasteiger partial charge in [-0.2, -0.15) is 8.42 Å². The molecule has 0 amide bonds. The second-order valence-electron chi connectivity index (χ2n) is 11.0. The van der Waals surface area contributed by atoms with E-state index < -0.39 is 62.9 Å². The third-order valence-corrected chi connectivity index (χ3v) is 11.1. The third-order valence-electron chi connectivity index (χ3n) is 9.15. The lowest BCUT2D eigenvalue weighted by molar-refractivity contribution is -0.189. The molecule has 0 radical (unpaired) electrons. The maximum Gasteiger partial charge on any atom is 0.333 e. The molecule has 3 aliphatic rings. The predicted molar refractivity (Wildman–Crippen MR) is 135 cm³/mol. The van der Waals surface area contributed by atoms with Crippen molar-refractivity contribution < 1.29 is 32.0 Å². The number of carbonyl (C=O) groups is 2. The summed E-state index contributed by atoms with van der Waals surface area (Å²) >= 11 is 6.93. The normalized spacial score (nSPS) is 38.5. The number of hydrogen-bond donors (Lipinski definition) is 1. The van der Waals surface area contributed by atoms with Crippen molar-refractivity contribution in [2.75, 3.05) is 6.61 Å². The summed E-state index contributed by atoms with van der Waals surface area (Å²) in [5, 5.41) is 10.6. The maximum atomic E-state index is 13.3. The van der Waals surface area contributed by atoms with Crippen molar-refractivity contribution in [3.63, 3.8) is 0 Å². The topological polar surface area (TPSA) is 107 Å². The molecule has 2 bridgehead atoms. The van der Waals surface area contributed by atoms with Crippen LogP contribution in [0.4, 0.5) is 0 Å². The number of alkyl halides is 1. The van der Waals surface area contributed by atoms with Gasteiger partial charge in [-0.05, 0) is 50.7 Å². The Hall–Kier alpha value is -1.74. The summed E-state index contributed by atoms with van der Waals surface area (Å²) in [7, 11) is -4.15. The first-order valence-corrected chi connectivity index (χ1v) is 14.3. The molecule has 4 rings (SSSR count). The van der Waals surface area contributed by atoms with Crippen molar-refractivity contribution in [2.24, 2.45) is 28.6 Å². The summed E-state index contributed by atoms with van der Waals surface area (Å²) in [6.45, 7) is 8.94. The Morgan fingerprint density at radius 1 is 1.28 bits per heavy atom. The molecule has 9 heteroatoms. The van der Waals surface area contributed by atoms with Crippen molar-refractivity contribution >= 4 is 33.5 Å². The summed E-state index contributed by atoms with van der Waals surface area (Å²) in [5.74, 6) is -1.64. The quantitative estimate of drug-likeness (QED) is 0.250. The molecular formula is C27H35ClO7S. The smallest absolute Gasteiger partial charge is 0.333 e. The first-order chi connectivity index (χ1) is 16.9. The minimum absolute atomic E-state index is 0.0391. The van der Waals surface area contributed by atoms with Crippen molar-refractivity contribution in [2.45, 2.75) is 75.4 Å². The highest BCUT2D eigenvalue weighted by molar-refractivity contribution is 7.86. The zero-order valence-corrected chi connectivity index (χ0v) is 22.6. The fourth-order valence-corrected chi connectivity index (χ4v) is 8.31. The van der Waals surface area contributed by atoms with Crippen molar-refractivity contribution in [1.29, 1.82) is 0 Å². The van der Waals surface area contributed by atoms with Crippen LogP contribution in [0.2, 0.25) is 0 Å². The average molecular weight is 539 g/mol. The van der Waals surface area contributed by atoms with Gasteiger partial charge in [-0.25, -0.2) is 4.79 Å².